The Kier molecular flexibility index (Phi) is 3.34. The lowest BCUT2D eigenvalue weighted by atomic mass is 10.0. The van der Waals surface area contributed by atoms with Gasteiger partial charge in [-0.1, -0.05) is 5.21 Å². The summed E-state index contributed by atoms with van der Waals surface area (Å²) in [4.78, 5) is 0. The van der Waals surface area contributed by atoms with E-state index < -0.39 is 5.60 Å². The highest BCUT2D eigenvalue weighted by Gasteiger charge is 2.16. The lowest BCUT2D eigenvalue weighted by molar-refractivity contribution is 0.0799. The fourth-order valence-electron chi connectivity index (χ4n) is 1.68. The van der Waals surface area contributed by atoms with Gasteiger partial charge in [-0.3, -0.25) is 0 Å². The highest BCUT2D eigenvalue weighted by Crippen LogP contribution is 2.15. The van der Waals surface area contributed by atoms with Gasteiger partial charge in [0.25, 0.3) is 0 Å². The molecule has 0 amide bonds. The minimum Gasteiger partial charge on any atom is -0.497 e. The Bertz CT molecular complexity index is 512. The molecule has 0 aliphatic rings. The average molecular weight is 247 g/mol. The zero-order chi connectivity index (χ0) is 13.2. The molecule has 0 atom stereocenters. The minimum absolute atomic E-state index is 0.475. The van der Waals surface area contributed by atoms with E-state index >= 15 is 0 Å². The van der Waals surface area contributed by atoms with E-state index in [1.807, 2.05) is 30.5 Å². The maximum atomic E-state index is 9.73. The van der Waals surface area contributed by atoms with Gasteiger partial charge in [0.1, 0.15) is 5.75 Å². The molecule has 2 rings (SSSR count). The van der Waals surface area contributed by atoms with E-state index in [0.717, 1.165) is 17.1 Å². The van der Waals surface area contributed by atoms with Gasteiger partial charge >= 0.3 is 0 Å². The van der Waals surface area contributed by atoms with Crippen LogP contribution in [0, 0.1) is 0 Å². The Balaban J connectivity index is 2.18. The number of ether oxygens (including phenoxy) is 1. The van der Waals surface area contributed by atoms with Crippen LogP contribution in [-0.4, -0.2) is 32.8 Å². The van der Waals surface area contributed by atoms with E-state index in [1.165, 1.54) is 0 Å². The second-order valence-electron chi connectivity index (χ2n) is 4.84. The number of hydrogen-bond donors (Lipinski definition) is 1. The predicted octanol–water partition coefficient (Wildman–Crippen LogP) is 1.59. The maximum absolute atomic E-state index is 9.73. The van der Waals surface area contributed by atoms with Gasteiger partial charge < -0.3 is 9.84 Å². The molecular weight excluding hydrogens is 230 g/mol. The summed E-state index contributed by atoms with van der Waals surface area (Å²) in [5, 5.41) is 17.8. The SMILES string of the molecule is COc1ccc(-n2cc(CC(C)(C)O)nn2)cc1. The molecule has 0 radical (unpaired) electrons. The summed E-state index contributed by atoms with van der Waals surface area (Å²) in [5.41, 5.74) is 0.893. The largest absolute Gasteiger partial charge is 0.497 e. The first kappa shape index (κ1) is 12.6. The Labute approximate surface area is 106 Å². The first-order valence-electron chi connectivity index (χ1n) is 5.76. The van der Waals surface area contributed by atoms with Crippen LogP contribution in [0.3, 0.4) is 0 Å². The molecule has 96 valence electrons. The quantitative estimate of drug-likeness (QED) is 0.891. The van der Waals surface area contributed by atoms with Crippen LogP contribution < -0.4 is 4.74 Å². The zero-order valence-corrected chi connectivity index (χ0v) is 10.8. The molecular formula is C13H17N3O2. The fourth-order valence-corrected chi connectivity index (χ4v) is 1.68. The van der Waals surface area contributed by atoms with Crippen molar-refractivity contribution in [3.05, 3.63) is 36.2 Å². The van der Waals surface area contributed by atoms with Gasteiger partial charge in [0.15, 0.2) is 0 Å². The predicted molar refractivity (Wildman–Crippen MR) is 67.9 cm³/mol. The zero-order valence-electron chi connectivity index (χ0n) is 10.8. The van der Waals surface area contributed by atoms with Crippen molar-refractivity contribution in [1.29, 1.82) is 0 Å². The standard InChI is InChI=1S/C13H17N3O2/c1-13(2,17)8-10-9-16(15-14-10)11-4-6-12(18-3)7-5-11/h4-7,9,17H,8H2,1-3H3. The average Bonchev–Trinajstić information content (AvgIpc) is 2.75. The molecule has 0 aliphatic carbocycles. The van der Waals surface area contributed by atoms with Crippen LogP contribution in [0.1, 0.15) is 19.5 Å². The summed E-state index contributed by atoms with van der Waals surface area (Å²) < 4.78 is 6.78. The van der Waals surface area contributed by atoms with Crippen molar-refractivity contribution in [2.75, 3.05) is 7.11 Å². The van der Waals surface area contributed by atoms with E-state index in [0.29, 0.717) is 6.42 Å². The second-order valence-corrected chi connectivity index (χ2v) is 4.84. The molecule has 1 heterocycles. The van der Waals surface area contributed by atoms with Crippen LogP contribution in [0.2, 0.25) is 0 Å². The molecule has 0 spiro atoms. The van der Waals surface area contributed by atoms with Gasteiger partial charge in [0.2, 0.25) is 0 Å². The molecule has 1 aromatic heterocycles. The third-order valence-electron chi connectivity index (χ3n) is 2.49. The third kappa shape index (κ3) is 3.07. The third-order valence-corrected chi connectivity index (χ3v) is 2.49. The second kappa shape index (κ2) is 4.78. The number of methoxy groups -OCH3 is 1. The molecule has 0 saturated carbocycles. The molecule has 2 aromatic rings. The van der Waals surface area contributed by atoms with Gasteiger partial charge in [-0.2, -0.15) is 0 Å². The number of aliphatic hydroxyl groups is 1. The van der Waals surface area contributed by atoms with E-state index in [1.54, 1.807) is 25.6 Å². The maximum Gasteiger partial charge on any atom is 0.119 e. The highest BCUT2D eigenvalue weighted by atomic mass is 16.5. The van der Waals surface area contributed by atoms with Gasteiger partial charge in [-0.15, -0.1) is 5.10 Å². The van der Waals surface area contributed by atoms with Gasteiger partial charge in [0.05, 0.1) is 30.3 Å². The molecule has 1 aromatic carbocycles. The summed E-state index contributed by atoms with van der Waals surface area (Å²) >= 11 is 0. The van der Waals surface area contributed by atoms with Crippen LogP contribution in [-0.2, 0) is 6.42 Å². The van der Waals surface area contributed by atoms with Crippen LogP contribution in [0.4, 0.5) is 0 Å². The van der Waals surface area contributed by atoms with E-state index in [4.69, 9.17) is 4.74 Å². The number of rotatable bonds is 4. The summed E-state index contributed by atoms with van der Waals surface area (Å²) in [5.74, 6) is 0.801. The Morgan fingerprint density at radius 1 is 1.28 bits per heavy atom. The Morgan fingerprint density at radius 3 is 2.50 bits per heavy atom. The van der Waals surface area contributed by atoms with Crippen molar-refractivity contribution in [3.8, 4) is 11.4 Å². The lowest BCUT2D eigenvalue weighted by Gasteiger charge is -2.13. The Hall–Kier alpha value is -1.88. The molecule has 1 N–H and O–H groups in total. The first-order chi connectivity index (χ1) is 8.48. The van der Waals surface area contributed by atoms with E-state index in [2.05, 4.69) is 10.3 Å². The highest BCUT2D eigenvalue weighted by molar-refractivity contribution is 5.36. The molecule has 0 bridgehead atoms. The van der Waals surface area contributed by atoms with Crippen molar-refractivity contribution < 1.29 is 9.84 Å². The van der Waals surface area contributed by atoms with Crippen LogP contribution in [0.25, 0.3) is 5.69 Å². The molecule has 5 nitrogen and oxygen atoms in total. The Morgan fingerprint density at radius 2 is 1.94 bits per heavy atom. The van der Waals surface area contributed by atoms with Crippen LogP contribution >= 0.6 is 0 Å². The molecule has 0 fully saturated rings. The monoisotopic (exact) mass is 247 g/mol. The normalized spacial score (nSPS) is 11.6. The van der Waals surface area contributed by atoms with Gasteiger partial charge in [-0.25, -0.2) is 4.68 Å². The lowest BCUT2D eigenvalue weighted by Crippen LogP contribution is -2.22. The van der Waals surface area contributed by atoms with Crippen molar-refractivity contribution in [1.82, 2.24) is 15.0 Å². The van der Waals surface area contributed by atoms with E-state index in [9.17, 15) is 5.11 Å². The molecule has 18 heavy (non-hydrogen) atoms. The number of benzene rings is 1. The summed E-state index contributed by atoms with van der Waals surface area (Å²) in [6, 6.07) is 7.54. The van der Waals surface area contributed by atoms with Crippen LogP contribution in [0.15, 0.2) is 30.5 Å². The fraction of sp³-hybridized carbons (Fsp3) is 0.385. The number of nitrogens with zero attached hydrogens (tertiary/aromatic N) is 3. The smallest absolute Gasteiger partial charge is 0.119 e. The van der Waals surface area contributed by atoms with E-state index in [-0.39, 0.29) is 0 Å². The minimum atomic E-state index is -0.777. The van der Waals surface area contributed by atoms with Crippen molar-refractivity contribution in [3.63, 3.8) is 0 Å². The van der Waals surface area contributed by atoms with Gasteiger partial charge in [0, 0.05) is 6.42 Å². The molecule has 5 heteroatoms. The van der Waals surface area contributed by atoms with Crippen molar-refractivity contribution in [2.24, 2.45) is 0 Å². The summed E-state index contributed by atoms with van der Waals surface area (Å²) in [7, 11) is 1.63. The topological polar surface area (TPSA) is 60.2 Å². The summed E-state index contributed by atoms with van der Waals surface area (Å²) in [6.45, 7) is 3.50. The number of hydrogen-bond acceptors (Lipinski definition) is 4. The number of aromatic nitrogens is 3. The van der Waals surface area contributed by atoms with Crippen molar-refractivity contribution in [2.45, 2.75) is 25.9 Å². The van der Waals surface area contributed by atoms with Crippen molar-refractivity contribution >= 4 is 0 Å². The van der Waals surface area contributed by atoms with Crippen LogP contribution in [0.5, 0.6) is 5.75 Å². The van der Waals surface area contributed by atoms with Gasteiger partial charge in [-0.05, 0) is 38.1 Å². The molecule has 0 unspecified atom stereocenters. The first-order valence-corrected chi connectivity index (χ1v) is 5.76. The molecule has 0 saturated heterocycles. The molecule has 0 aliphatic heterocycles. The summed E-state index contributed by atoms with van der Waals surface area (Å²) in [6.07, 6.45) is 2.29.